The molecule has 0 bridgehead atoms. The number of hydrogen-bond acceptors (Lipinski definition) is 7. The van der Waals surface area contributed by atoms with E-state index in [1.54, 1.807) is 13.8 Å². The zero-order valence-corrected chi connectivity index (χ0v) is 20.8. The summed E-state index contributed by atoms with van der Waals surface area (Å²) in [5.41, 5.74) is 0.783. The summed E-state index contributed by atoms with van der Waals surface area (Å²) in [5, 5.41) is 3.75. The van der Waals surface area contributed by atoms with Crippen LogP contribution in [0.5, 0.6) is 0 Å². The number of aromatic nitrogens is 3. The van der Waals surface area contributed by atoms with Crippen molar-refractivity contribution in [1.82, 2.24) is 15.0 Å². The van der Waals surface area contributed by atoms with Gasteiger partial charge in [0.15, 0.2) is 5.65 Å². The van der Waals surface area contributed by atoms with Gasteiger partial charge in [0.05, 0.1) is 28.5 Å². The fourth-order valence-corrected chi connectivity index (χ4v) is 5.98. The molecule has 1 N–H and O–H groups in total. The van der Waals surface area contributed by atoms with E-state index in [0.717, 1.165) is 11.6 Å². The third-order valence-electron chi connectivity index (χ3n) is 6.34. The first kappa shape index (κ1) is 25.2. The van der Waals surface area contributed by atoms with E-state index in [1.165, 1.54) is 12.1 Å². The fraction of sp³-hybridized carbons (Fsp3) is 0.458. The highest BCUT2D eigenvalue weighted by Gasteiger charge is 2.28. The van der Waals surface area contributed by atoms with Gasteiger partial charge in [-0.25, -0.2) is 36.5 Å². The summed E-state index contributed by atoms with van der Waals surface area (Å²) in [6.45, 7) is 3.38. The van der Waals surface area contributed by atoms with Gasteiger partial charge >= 0.3 is 0 Å². The first-order valence-electron chi connectivity index (χ1n) is 11.4. The van der Waals surface area contributed by atoms with Crippen LogP contribution in [0.3, 0.4) is 0 Å². The molecule has 0 amide bonds. The Morgan fingerprint density at radius 3 is 2.37 bits per heavy atom. The third kappa shape index (κ3) is 5.19. The number of nitrogens with one attached hydrogen (secondary N) is 1. The topological polar surface area (TPSA) is 88.1 Å². The van der Waals surface area contributed by atoms with Crippen molar-refractivity contribution in [3.8, 4) is 0 Å². The molecule has 0 aliphatic carbocycles. The van der Waals surface area contributed by atoms with Crippen LogP contribution in [-0.4, -0.2) is 49.0 Å². The van der Waals surface area contributed by atoms with Gasteiger partial charge < -0.3 is 10.2 Å². The summed E-state index contributed by atoms with van der Waals surface area (Å²) in [5.74, 6) is 0.847. The van der Waals surface area contributed by atoms with Gasteiger partial charge in [-0.3, -0.25) is 0 Å². The Hall–Kier alpha value is -2.95. The van der Waals surface area contributed by atoms with E-state index in [-0.39, 0.29) is 23.0 Å². The van der Waals surface area contributed by atoms with Crippen LogP contribution in [0.4, 0.5) is 24.8 Å². The molecule has 1 saturated heterocycles. The van der Waals surface area contributed by atoms with E-state index in [4.69, 9.17) is 4.98 Å². The van der Waals surface area contributed by atoms with Crippen molar-refractivity contribution >= 4 is 32.5 Å². The fourth-order valence-electron chi connectivity index (χ4n) is 4.49. The van der Waals surface area contributed by atoms with E-state index in [1.807, 2.05) is 25.1 Å². The minimum atomic E-state index is -3.03. The predicted octanol–water partition coefficient (Wildman–Crippen LogP) is 4.94. The number of rotatable bonds is 6. The molecule has 11 heteroatoms. The standard InChI is InChI=1S/C24H28F3N5O2S/c1-13(16-6-5-7-17(20(16)25)21(26)27)28-22-19-12-18(15-8-10-35(33,34)11-9-15)24(32(3)4)31-23(19)30-14(2)29-22/h5-7,12-13,15,21H,8-11H2,1-4H3,(H,28,29,30,31)/t13-/m1/s1. The SMILES string of the molecule is Cc1nc(N[C@H](C)c2cccc(C(F)F)c2F)c2cc(C3CCS(=O)(=O)CC3)c(N(C)C)nc2n1. The summed E-state index contributed by atoms with van der Waals surface area (Å²) < 4.78 is 65.1. The van der Waals surface area contributed by atoms with Crippen molar-refractivity contribution in [2.24, 2.45) is 0 Å². The number of benzene rings is 1. The molecule has 1 fully saturated rings. The summed E-state index contributed by atoms with van der Waals surface area (Å²) in [4.78, 5) is 15.6. The molecule has 35 heavy (non-hydrogen) atoms. The van der Waals surface area contributed by atoms with E-state index in [9.17, 15) is 21.6 Å². The first-order valence-corrected chi connectivity index (χ1v) is 13.2. The maximum atomic E-state index is 14.8. The number of anilines is 2. The number of fused-ring (bicyclic) bond motifs is 1. The van der Waals surface area contributed by atoms with Gasteiger partial charge in [-0.2, -0.15) is 0 Å². The van der Waals surface area contributed by atoms with Gasteiger partial charge in [0.2, 0.25) is 0 Å². The van der Waals surface area contributed by atoms with Gasteiger partial charge in [-0.1, -0.05) is 18.2 Å². The molecule has 7 nitrogen and oxygen atoms in total. The van der Waals surface area contributed by atoms with Crippen LogP contribution in [0.15, 0.2) is 24.3 Å². The molecule has 2 aromatic heterocycles. The zero-order chi connectivity index (χ0) is 25.5. The van der Waals surface area contributed by atoms with Crippen molar-refractivity contribution in [2.75, 3.05) is 35.8 Å². The predicted molar refractivity (Wildman–Crippen MR) is 130 cm³/mol. The molecule has 188 valence electrons. The van der Waals surface area contributed by atoms with Gasteiger partial charge in [0.25, 0.3) is 6.43 Å². The molecule has 3 heterocycles. The lowest BCUT2D eigenvalue weighted by molar-refractivity contribution is 0.146. The van der Waals surface area contributed by atoms with Crippen molar-refractivity contribution in [3.63, 3.8) is 0 Å². The number of halogens is 3. The van der Waals surface area contributed by atoms with Gasteiger partial charge in [-0.05, 0) is 44.2 Å². The second-order valence-electron chi connectivity index (χ2n) is 9.13. The van der Waals surface area contributed by atoms with E-state index >= 15 is 0 Å². The van der Waals surface area contributed by atoms with Crippen molar-refractivity contribution in [3.05, 3.63) is 52.6 Å². The Labute approximate surface area is 202 Å². The lowest BCUT2D eigenvalue weighted by Crippen LogP contribution is -2.24. The van der Waals surface area contributed by atoms with E-state index < -0.39 is 33.7 Å². The molecule has 1 aliphatic rings. The van der Waals surface area contributed by atoms with Crippen LogP contribution < -0.4 is 10.2 Å². The molecular formula is C24H28F3N5O2S. The van der Waals surface area contributed by atoms with Gasteiger partial charge in [0.1, 0.15) is 33.1 Å². The van der Waals surface area contributed by atoms with Gasteiger partial charge in [0, 0.05) is 19.7 Å². The Bertz CT molecular complexity index is 1350. The summed E-state index contributed by atoms with van der Waals surface area (Å²) in [6, 6.07) is 5.19. The van der Waals surface area contributed by atoms with Crippen LogP contribution in [0.25, 0.3) is 11.0 Å². The monoisotopic (exact) mass is 507 g/mol. The largest absolute Gasteiger partial charge is 0.363 e. The third-order valence-corrected chi connectivity index (χ3v) is 8.05. The molecule has 0 unspecified atom stereocenters. The average molecular weight is 508 g/mol. The zero-order valence-electron chi connectivity index (χ0n) is 20.0. The minimum absolute atomic E-state index is 0.000399. The minimum Gasteiger partial charge on any atom is -0.363 e. The second-order valence-corrected chi connectivity index (χ2v) is 11.4. The normalized spacial score (nSPS) is 17.0. The van der Waals surface area contributed by atoms with Crippen LogP contribution in [0.1, 0.15) is 60.7 Å². The maximum Gasteiger partial charge on any atom is 0.266 e. The number of aryl methyl sites for hydroxylation is 1. The van der Waals surface area contributed by atoms with Crippen LogP contribution in [0, 0.1) is 12.7 Å². The number of nitrogens with zero attached hydrogens (tertiary/aromatic N) is 4. The number of hydrogen-bond donors (Lipinski definition) is 1. The lowest BCUT2D eigenvalue weighted by atomic mass is 9.93. The second kappa shape index (κ2) is 9.60. The molecule has 1 aliphatic heterocycles. The van der Waals surface area contributed by atoms with Crippen LogP contribution >= 0.6 is 0 Å². The average Bonchev–Trinajstić information content (AvgIpc) is 2.78. The molecule has 3 aromatic rings. The van der Waals surface area contributed by atoms with Crippen LogP contribution in [0.2, 0.25) is 0 Å². The van der Waals surface area contributed by atoms with Crippen LogP contribution in [-0.2, 0) is 9.84 Å². The van der Waals surface area contributed by atoms with E-state index in [0.29, 0.717) is 41.3 Å². The number of alkyl halides is 2. The lowest BCUT2D eigenvalue weighted by Gasteiger charge is -2.27. The van der Waals surface area contributed by atoms with Crippen molar-refractivity contribution < 1.29 is 21.6 Å². The Morgan fingerprint density at radius 1 is 1.09 bits per heavy atom. The Morgan fingerprint density at radius 2 is 1.74 bits per heavy atom. The van der Waals surface area contributed by atoms with E-state index in [2.05, 4.69) is 15.3 Å². The highest BCUT2D eigenvalue weighted by molar-refractivity contribution is 7.91. The number of sulfone groups is 1. The van der Waals surface area contributed by atoms with Crippen molar-refractivity contribution in [2.45, 2.75) is 45.1 Å². The highest BCUT2D eigenvalue weighted by atomic mass is 32.2. The smallest absolute Gasteiger partial charge is 0.266 e. The molecule has 1 atom stereocenters. The molecule has 0 radical (unpaired) electrons. The van der Waals surface area contributed by atoms with Crippen molar-refractivity contribution in [1.29, 1.82) is 0 Å². The molecule has 0 spiro atoms. The molecular weight excluding hydrogens is 479 g/mol. The summed E-state index contributed by atoms with van der Waals surface area (Å²) in [7, 11) is 0.699. The molecule has 4 rings (SSSR count). The number of pyridine rings is 1. The Balaban J connectivity index is 1.78. The molecule has 1 aromatic carbocycles. The quantitative estimate of drug-likeness (QED) is 0.506. The highest BCUT2D eigenvalue weighted by Crippen LogP contribution is 2.37. The Kier molecular flexibility index (Phi) is 6.90. The van der Waals surface area contributed by atoms with Gasteiger partial charge in [-0.15, -0.1) is 0 Å². The summed E-state index contributed by atoms with van der Waals surface area (Å²) in [6.07, 6.45) is -1.93. The maximum absolute atomic E-state index is 14.8. The first-order chi connectivity index (χ1) is 16.5. The summed E-state index contributed by atoms with van der Waals surface area (Å²) >= 11 is 0. The molecule has 0 saturated carbocycles.